The van der Waals surface area contributed by atoms with Gasteiger partial charge in [-0.1, -0.05) is 6.07 Å². The third-order valence-electron chi connectivity index (χ3n) is 6.09. The van der Waals surface area contributed by atoms with Crippen molar-refractivity contribution in [1.29, 1.82) is 0 Å². The van der Waals surface area contributed by atoms with Gasteiger partial charge in [0.1, 0.15) is 0 Å². The van der Waals surface area contributed by atoms with Crippen LogP contribution in [0.3, 0.4) is 0 Å². The lowest BCUT2D eigenvalue weighted by Gasteiger charge is -2.35. The van der Waals surface area contributed by atoms with Gasteiger partial charge in [-0.15, -0.1) is 35.3 Å². The van der Waals surface area contributed by atoms with Gasteiger partial charge in [-0.2, -0.15) is 0 Å². The zero-order valence-corrected chi connectivity index (χ0v) is 22.4. The Balaban J connectivity index is 0.00000341. The van der Waals surface area contributed by atoms with E-state index in [2.05, 4.69) is 39.6 Å². The van der Waals surface area contributed by atoms with Gasteiger partial charge in [0, 0.05) is 57.9 Å². The van der Waals surface area contributed by atoms with Crippen molar-refractivity contribution < 1.29 is 9.47 Å². The van der Waals surface area contributed by atoms with Crippen molar-refractivity contribution in [2.45, 2.75) is 51.7 Å². The fraction of sp³-hybridized carbons (Fsp3) is 0.783. The van der Waals surface area contributed by atoms with Crippen LogP contribution in [0, 0.1) is 5.92 Å². The zero-order chi connectivity index (χ0) is 21.0. The van der Waals surface area contributed by atoms with E-state index in [0.29, 0.717) is 12.0 Å². The number of ether oxygens (including phenoxy) is 2. The summed E-state index contributed by atoms with van der Waals surface area (Å²) in [4.78, 5) is 11.5. The van der Waals surface area contributed by atoms with Gasteiger partial charge >= 0.3 is 0 Å². The number of hydrogen-bond donors (Lipinski definition) is 1. The molecule has 0 aromatic carbocycles. The normalized spacial score (nSPS) is 19.4. The molecule has 1 N–H and O–H groups in total. The van der Waals surface area contributed by atoms with Crippen LogP contribution >= 0.6 is 35.3 Å². The van der Waals surface area contributed by atoms with Gasteiger partial charge in [0.15, 0.2) is 5.96 Å². The minimum absolute atomic E-state index is 0. The molecule has 1 aromatic heterocycles. The van der Waals surface area contributed by atoms with E-state index in [1.165, 1.54) is 30.8 Å². The fourth-order valence-electron chi connectivity index (χ4n) is 4.28. The highest BCUT2D eigenvalue weighted by atomic mass is 127. The number of piperidine rings is 2. The monoisotopic (exact) mass is 564 g/mol. The number of halogens is 1. The number of thiophene rings is 1. The predicted molar refractivity (Wildman–Crippen MR) is 141 cm³/mol. The number of likely N-dealkylation sites (tertiary alicyclic amines) is 2. The van der Waals surface area contributed by atoms with Crippen LogP contribution < -0.4 is 5.32 Å². The first kappa shape index (κ1) is 26.8. The molecular formula is C23H41IN4O2S. The van der Waals surface area contributed by atoms with Crippen molar-refractivity contribution in [2.24, 2.45) is 10.9 Å². The van der Waals surface area contributed by atoms with Crippen molar-refractivity contribution in [2.75, 3.05) is 59.6 Å². The summed E-state index contributed by atoms with van der Waals surface area (Å²) in [6.45, 7) is 11.2. The molecule has 0 spiro atoms. The summed E-state index contributed by atoms with van der Waals surface area (Å²) in [5.41, 5.74) is 0. The molecule has 1 aromatic rings. The van der Waals surface area contributed by atoms with Crippen LogP contribution in [0.1, 0.15) is 43.9 Å². The maximum Gasteiger partial charge on any atom is 0.193 e. The molecule has 2 fully saturated rings. The molecule has 2 aliphatic heterocycles. The summed E-state index contributed by atoms with van der Waals surface area (Å²) in [5, 5.41) is 5.69. The Morgan fingerprint density at radius 3 is 2.58 bits per heavy atom. The molecule has 0 atom stereocenters. The van der Waals surface area contributed by atoms with Crippen LogP contribution in [0.5, 0.6) is 0 Å². The molecule has 0 radical (unpaired) electrons. The summed E-state index contributed by atoms with van der Waals surface area (Å²) in [7, 11) is 1.74. The molecule has 0 amide bonds. The number of guanidine groups is 1. The lowest BCUT2D eigenvalue weighted by atomic mass is 9.97. The number of hydrogen-bond acceptors (Lipinski definition) is 5. The van der Waals surface area contributed by atoms with Crippen molar-refractivity contribution in [3.63, 3.8) is 0 Å². The van der Waals surface area contributed by atoms with E-state index in [4.69, 9.17) is 14.5 Å². The second kappa shape index (κ2) is 15.4. The fourth-order valence-corrected chi connectivity index (χ4v) is 5.03. The topological polar surface area (TPSA) is 49.3 Å². The number of methoxy groups -OCH3 is 1. The number of nitrogens with one attached hydrogen (secondary N) is 1. The summed E-state index contributed by atoms with van der Waals surface area (Å²) >= 11 is 1.87. The summed E-state index contributed by atoms with van der Waals surface area (Å²) in [5.74, 6) is 1.80. The van der Waals surface area contributed by atoms with Gasteiger partial charge in [-0.05, 0) is 69.5 Å². The Kier molecular flexibility index (Phi) is 13.3. The molecule has 0 aliphatic carbocycles. The van der Waals surface area contributed by atoms with Gasteiger partial charge in [-0.3, -0.25) is 9.89 Å². The second-order valence-corrected chi connectivity index (χ2v) is 9.43. The highest BCUT2D eigenvalue weighted by Crippen LogP contribution is 2.21. The summed E-state index contributed by atoms with van der Waals surface area (Å²) < 4.78 is 11.1. The number of rotatable bonds is 10. The van der Waals surface area contributed by atoms with Crippen molar-refractivity contribution >= 4 is 41.3 Å². The first-order valence-corrected chi connectivity index (χ1v) is 12.5. The van der Waals surface area contributed by atoms with Gasteiger partial charge in [-0.25, -0.2) is 0 Å². The zero-order valence-electron chi connectivity index (χ0n) is 19.3. The maximum absolute atomic E-state index is 6.00. The van der Waals surface area contributed by atoms with Gasteiger partial charge in [0.05, 0.1) is 6.10 Å². The second-order valence-electron chi connectivity index (χ2n) is 8.40. The molecule has 3 heterocycles. The SMILES string of the molecule is CCNC(=NCC1CCN(Cc2cccs2)CC1)N1CCC(OCCCOC)CC1.I. The molecule has 31 heavy (non-hydrogen) atoms. The Hall–Kier alpha value is -0.420. The van der Waals surface area contributed by atoms with E-state index in [9.17, 15) is 0 Å². The molecule has 2 aliphatic rings. The molecule has 0 bridgehead atoms. The lowest BCUT2D eigenvalue weighted by Crippen LogP contribution is -2.47. The van der Waals surface area contributed by atoms with Crippen LogP contribution in [-0.4, -0.2) is 81.5 Å². The minimum Gasteiger partial charge on any atom is -0.385 e. The van der Waals surface area contributed by atoms with Crippen LogP contribution in [0.2, 0.25) is 0 Å². The molecule has 0 saturated carbocycles. The molecule has 3 rings (SSSR count). The van der Waals surface area contributed by atoms with E-state index < -0.39 is 0 Å². The van der Waals surface area contributed by atoms with Crippen molar-refractivity contribution in [3.05, 3.63) is 22.4 Å². The first-order valence-electron chi connectivity index (χ1n) is 11.7. The van der Waals surface area contributed by atoms with E-state index >= 15 is 0 Å². The Labute approximate surface area is 209 Å². The lowest BCUT2D eigenvalue weighted by molar-refractivity contribution is 0.00988. The van der Waals surface area contributed by atoms with E-state index in [1.54, 1.807) is 7.11 Å². The standard InChI is InChI=1S/C23H40N4O2S.HI/c1-3-24-23(27-13-9-21(10-14-27)29-16-5-15-28-2)25-18-20-7-11-26(12-8-20)19-22-6-4-17-30-22;/h4,6,17,20-21H,3,5,7-16,18-19H2,1-2H3,(H,24,25);1H. The highest BCUT2D eigenvalue weighted by Gasteiger charge is 2.23. The van der Waals surface area contributed by atoms with E-state index in [-0.39, 0.29) is 24.0 Å². The molecule has 178 valence electrons. The number of aliphatic imine (C=N–C) groups is 1. The summed E-state index contributed by atoms with van der Waals surface area (Å²) in [6.07, 6.45) is 6.04. The average molecular weight is 565 g/mol. The molecule has 6 nitrogen and oxygen atoms in total. The van der Waals surface area contributed by atoms with Crippen molar-refractivity contribution in [1.82, 2.24) is 15.1 Å². The average Bonchev–Trinajstić information content (AvgIpc) is 3.29. The van der Waals surface area contributed by atoms with E-state index in [1.807, 2.05) is 11.3 Å². The smallest absolute Gasteiger partial charge is 0.193 e. The molecule has 2 saturated heterocycles. The first-order chi connectivity index (χ1) is 14.8. The third-order valence-corrected chi connectivity index (χ3v) is 6.95. The predicted octanol–water partition coefficient (Wildman–Crippen LogP) is 4.06. The van der Waals surface area contributed by atoms with Crippen molar-refractivity contribution in [3.8, 4) is 0 Å². The van der Waals surface area contributed by atoms with Gasteiger partial charge < -0.3 is 19.7 Å². The van der Waals surface area contributed by atoms with Crippen LogP contribution in [0.25, 0.3) is 0 Å². The van der Waals surface area contributed by atoms with Crippen LogP contribution in [-0.2, 0) is 16.0 Å². The molecule has 0 unspecified atom stereocenters. The largest absolute Gasteiger partial charge is 0.385 e. The van der Waals surface area contributed by atoms with E-state index in [0.717, 1.165) is 71.2 Å². The number of nitrogens with zero attached hydrogens (tertiary/aromatic N) is 3. The molecule has 8 heteroatoms. The molecular weight excluding hydrogens is 523 g/mol. The Bertz CT molecular complexity index is 601. The van der Waals surface area contributed by atoms with Gasteiger partial charge in [0.2, 0.25) is 0 Å². The van der Waals surface area contributed by atoms with Gasteiger partial charge in [0.25, 0.3) is 0 Å². The Morgan fingerprint density at radius 2 is 1.94 bits per heavy atom. The quantitative estimate of drug-likeness (QED) is 0.201. The third kappa shape index (κ3) is 9.53. The maximum atomic E-state index is 6.00. The van der Waals surface area contributed by atoms with Crippen LogP contribution in [0.4, 0.5) is 0 Å². The summed E-state index contributed by atoms with van der Waals surface area (Å²) in [6, 6.07) is 4.40. The van der Waals surface area contributed by atoms with Crippen LogP contribution in [0.15, 0.2) is 22.5 Å². The highest BCUT2D eigenvalue weighted by molar-refractivity contribution is 14.0. The Morgan fingerprint density at radius 1 is 1.16 bits per heavy atom. The minimum atomic E-state index is 0.